The van der Waals surface area contributed by atoms with E-state index in [9.17, 15) is 9.18 Å². The highest BCUT2D eigenvalue weighted by molar-refractivity contribution is 7.99. The number of hydrogen-bond acceptors (Lipinski definition) is 2. The van der Waals surface area contributed by atoms with E-state index < -0.39 is 5.82 Å². The molecule has 92 valence electrons. The lowest BCUT2D eigenvalue weighted by molar-refractivity contribution is 0.0952. The van der Waals surface area contributed by atoms with Crippen LogP contribution in [0.15, 0.2) is 30.9 Å². The lowest BCUT2D eigenvalue weighted by Crippen LogP contribution is -2.26. The topological polar surface area (TPSA) is 29.1 Å². The molecular formula is C13H16FNOS. The van der Waals surface area contributed by atoms with E-state index in [2.05, 4.69) is 11.9 Å². The maximum atomic E-state index is 13.5. The smallest absolute Gasteiger partial charge is 0.254 e. The molecule has 0 atom stereocenters. The van der Waals surface area contributed by atoms with Crippen LogP contribution in [0.1, 0.15) is 15.9 Å². The zero-order chi connectivity index (χ0) is 12.7. The standard InChI is InChI=1S/C13H16FNOS/c1-3-7-17-8-6-15-13(16)11-5-4-10(2)9-12(11)14/h3-5,9H,1,6-8H2,2H3,(H,15,16). The van der Waals surface area contributed by atoms with Gasteiger partial charge in [0.1, 0.15) is 5.82 Å². The van der Waals surface area contributed by atoms with Crippen LogP contribution in [0.4, 0.5) is 4.39 Å². The van der Waals surface area contributed by atoms with Crippen LogP contribution in [-0.2, 0) is 0 Å². The number of carbonyl (C=O) groups is 1. The third-order valence-corrected chi connectivity index (χ3v) is 3.10. The Kier molecular flexibility index (Phi) is 5.77. The van der Waals surface area contributed by atoms with Gasteiger partial charge in [0.2, 0.25) is 0 Å². The first-order valence-electron chi connectivity index (χ1n) is 5.38. The van der Waals surface area contributed by atoms with E-state index in [0.717, 1.165) is 17.1 Å². The van der Waals surface area contributed by atoms with Crippen LogP contribution in [0.2, 0.25) is 0 Å². The summed E-state index contributed by atoms with van der Waals surface area (Å²) in [4.78, 5) is 11.6. The molecule has 0 saturated carbocycles. The Bertz CT molecular complexity index is 406. The second-order valence-electron chi connectivity index (χ2n) is 3.60. The third kappa shape index (κ3) is 4.61. The number of benzene rings is 1. The third-order valence-electron chi connectivity index (χ3n) is 2.14. The predicted molar refractivity (Wildman–Crippen MR) is 71.0 cm³/mol. The van der Waals surface area contributed by atoms with E-state index in [-0.39, 0.29) is 11.5 Å². The monoisotopic (exact) mass is 253 g/mol. The largest absolute Gasteiger partial charge is 0.351 e. The van der Waals surface area contributed by atoms with Gasteiger partial charge in [0.05, 0.1) is 5.56 Å². The zero-order valence-electron chi connectivity index (χ0n) is 9.83. The van der Waals surface area contributed by atoms with Crippen molar-refractivity contribution in [3.8, 4) is 0 Å². The number of thioether (sulfide) groups is 1. The van der Waals surface area contributed by atoms with Gasteiger partial charge in [0.15, 0.2) is 0 Å². The molecule has 2 nitrogen and oxygen atoms in total. The van der Waals surface area contributed by atoms with Gasteiger partial charge in [-0.3, -0.25) is 4.79 Å². The minimum Gasteiger partial charge on any atom is -0.351 e. The number of halogens is 1. The Hall–Kier alpha value is -1.29. The van der Waals surface area contributed by atoms with Gasteiger partial charge < -0.3 is 5.32 Å². The van der Waals surface area contributed by atoms with Gasteiger partial charge in [-0.25, -0.2) is 4.39 Å². The van der Waals surface area contributed by atoms with Crippen molar-refractivity contribution in [1.29, 1.82) is 0 Å². The second kappa shape index (κ2) is 7.12. The maximum absolute atomic E-state index is 13.5. The number of rotatable bonds is 6. The van der Waals surface area contributed by atoms with Crippen LogP contribution < -0.4 is 5.32 Å². The lowest BCUT2D eigenvalue weighted by atomic mass is 10.1. The molecule has 0 aromatic heterocycles. The number of hydrogen-bond donors (Lipinski definition) is 1. The SMILES string of the molecule is C=CCSCCNC(=O)c1ccc(C)cc1F. The highest BCUT2D eigenvalue weighted by atomic mass is 32.2. The molecule has 0 bridgehead atoms. The zero-order valence-corrected chi connectivity index (χ0v) is 10.6. The summed E-state index contributed by atoms with van der Waals surface area (Å²) in [6.07, 6.45) is 1.81. The Balaban J connectivity index is 2.44. The predicted octanol–water partition coefficient (Wildman–Crippen LogP) is 2.78. The molecule has 0 saturated heterocycles. The average molecular weight is 253 g/mol. The van der Waals surface area contributed by atoms with Crippen molar-refractivity contribution in [2.24, 2.45) is 0 Å². The van der Waals surface area contributed by atoms with Crippen molar-refractivity contribution in [3.05, 3.63) is 47.8 Å². The fraction of sp³-hybridized carbons (Fsp3) is 0.308. The molecule has 1 N–H and O–H groups in total. The summed E-state index contributed by atoms with van der Waals surface area (Å²) in [6.45, 7) is 5.92. The van der Waals surface area contributed by atoms with Gasteiger partial charge in [-0.1, -0.05) is 12.1 Å². The normalized spacial score (nSPS) is 10.0. The first-order valence-corrected chi connectivity index (χ1v) is 6.53. The number of carbonyl (C=O) groups excluding carboxylic acids is 1. The molecule has 0 radical (unpaired) electrons. The van der Waals surface area contributed by atoms with E-state index in [1.54, 1.807) is 24.8 Å². The summed E-state index contributed by atoms with van der Waals surface area (Å²) in [6, 6.07) is 4.60. The van der Waals surface area contributed by atoms with Crippen LogP contribution >= 0.6 is 11.8 Å². The summed E-state index contributed by atoms with van der Waals surface area (Å²) in [5.41, 5.74) is 0.907. The molecule has 0 unspecified atom stereocenters. The van der Waals surface area contributed by atoms with E-state index in [4.69, 9.17) is 0 Å². The first kappa shape index (κ1) is 13.8. The molecule has 4 heteroatoms. The molecule has 0 heterocycles. The molecule has 0 aliphatic carbocycles. The van der Waals surface area contributed by atoms with Gasteiger partial charge in [0, 0.05) is 18.1 Å². The lowest BCUT2D eigenvalue weighted by Gasteiger charge is -2.06. The average Bonchev–Trinajstić information content (AvgIpc) is 2.28. The van der Waals surface area contributed by atoms with Crippen molar-refractivity contribution in [2.75, 3.05) is 18.1 Å². The number of nitrogens with one attached hydrogen (secondary N) is 1. The summed E-state index contributed by atoms with van der Waals surface area (Å²) < 4.78 is 13.5. The Morgan fingerprint density at radius 2 is 2.35 bits per heavy atom. The van der Waals surface area contributed by atoms with Gasteiger partial charge in [-0.15, -0.1) is 6.58 Å². The molecule has 1 aromatic carbocycles. The van der Waals surface area contributed by atoms with E-state index in [1.807, 2.05) is 6.08 Å². The van der Waals surface area contributed by atoms with Gasteiger partial charge in [-0.2, -0.15) is 11.8 Å². The molecule has 1 rings (SSSR count). The Labute approximate surface area is 105 Å². The van der Waals surface area contributed by atoms with Crippen molar-refractivity contribution < 1.29 is 9.18 Å². The van der Waals surface area contributed by atoms with Gasteiger partial charge in [0.25, 0.3) is 5.91 Å². The molecule has 0 aliphatic heterocycles. The fourth-order valence-corrected chi connectivity index (χ4v) is 1.88. The summed E-state index contributed by atoms with van der Waals surface area (Å²) >= 11 is 1.67. The van der Waals surface area contributed by atoms with Crippen LogP contribution in [0.3, 0.4) is 0 Å². The van der Waals surface area contributed by atoms with Crippen LogP contribution in [0.25, 0.3) is 0 Å². The molecule has 1 aromatic rings. The highest BCUT2D eigenvalue weighted by Crippen LogP contribution is 2.09. The van der Waals surface area contributed by atoms with Crippen LogP contribution in [0, 0.1) is 12.7 Å². The van der Waals surface area contributed by atoms with E-state index in [1.165, 1.54) is 12.1 Å². The minimum absolute atomic E-state index is 0.101. The molecule has 0 aliphatic rings. The molecule has 1 amide bonds. The highest BCUT2D eigenvalue weighted by Gasteiger charge is 2.10. The number of aryl methyl sites for hydroxylation is 1. The van der Waals surface area contributed by atoms with E-state index in [0.29, 0.717) is 6.54 Å². The van der Waals surface area contributed by atoms with E-state index >= 15 is 0 Å². The second-order valence-corrected chi connectivity index (χ2v) is 4.75. The summed E-state index contributed by atoms with van der Waals surface area (Å²) in [5.74, 6) is 0.822. The molecule has 0 fully saturated rings. The Morgan fingerprint density at radius 3 is 3.00 bits per heavy atom. The number of amides is 1. The first-order chi connectivity index (χ1) is 8.15. The molecular weight excluding hydrogens is 237 g/mol. The van der Waals surface area contributed by atoms with Gasteiger partial charge >= 0.3 is 0 Å². The summed E-state index contributed by atoms with van der Waals surface area (Å²) in [7, 11) is 0. The van der Waals surface area contributed by atoms with Crippen molar-refractivity contribution in [1.82, 2.24) is 5.32 Å². The quantitative estimate of drug-likeness (QED) is 0.624. The van der Waals surface area contributed by atoms with Gasteiger partial charge in [-0.05, 0) is 24.6 Å². The fourth-order valence-electron chi connectivity index (χ4n) is 1.30. The molecule has 17 heavy (non-hydrogen) atoms. The minimum atomic E-state index is -0.471. The van der Waals surface area contributed by atoms with Crippen LogP contribution in [0.5, 0.6) is 0 Å². The van der Waals surface area contributed by atoms with Crippen molar-refractivity contribution in [3.63, 3.8) is 0 Å². The van der Waals surface area contributed by atoms with Crippen molar-refractivity contribution >= 4 is 17.7 Å². The molecule has 0 spiro atoms. The Morgan fingerprint density at radius 1 is 1.59 bits per heavy atom. The van der Waals surface area contributed by atoms with Crippen molar-refractivity contribution in [2.45, 2.75) is 6.92 Å². The summed E-state index contributed by atoms with van der Waals surface area (Å²) in [5, 5.41) is 2.68. The maximum Gasteiger partial charge on any atom is 0.254 e. The van der Waals surface area contributed by atoms with Crippen LogP contribution in [-0.4, -0.2) is 24.0 Å².